The number of anilines is 1. The third-order valence-corrected chi connectivity index (χ3v) is 3.77. The molecule has 2 atom stereocenters. The van der Waals surface area contributed by atoms with Crippen molar-refractivity contribution >= 4 is 21.7 Å². The first kappa shape index (κ1) is 12.8. The highest BCUT2D eigenvalue weighted by Gasteiger charge is 2.28. The van der Waals surface area contributed by atoms with Gasteiger partial charge in [-0.2, -0.15) is 0 Å². The van der Waals surface area contributed by atoms with Gasteiger partial charge in [0.05, 0.1) is 0 Å². The SMILES string of the molecule is CNCc1cc(Br)cnc1N1CC(C)CC1C. The van der Waals surface area contributed by atoms with Crippen molar-refractivity contribution in [2.75, 3.05) is 18.5 Å². The second-order valence-corrected chi connectivity index (χ2v) is 5.92. The first-order valence-electron chi connectivity index (χ1n) is 6.17. The summed E-state index contributed by atoms with van der Waals surface area (Å²) in [7, 11) is 1.97. The average Bonchev–Trinajstić information content (AvgIpc) is 2.59. The second kappa shape index (κ2) is 5.36. The maximum Gasteiger partial charge on any atom is 0.133 e. The van der Waals surface area contributed by atoms with Gasteiger partial charge in [0.15, 0.2) is 0 Å². The van der Waals surface area contributed by atoms with Gasteiger partial charge >= 0.3 is 0 Å². The molecule has 0 aliphatic carbocycles. The highest BCUT2D eigenvalue weighted by molar-refractivity contribution is 9.10. The molecule has 1 fully saturated rings. The first-order chi connectivity index (χ1) is 8.11. The predicted octanol–water partition coefficient (Wildman–Crippen LogP) is 2.80. The molecule has 1 N–H and O–H groups in total. The molecule has 0 aromatic carbocycles. The van der Waals surface area contributed by atoms with Gasteiger partial charge in [0, 0.05) is 35.4 Å². The Labute approximate surface area is 112 Å². The maximum absolute atomic E-state index is 4.60. The smallest absolute Gasteiger partial charge is 0.133 e. The van der Waals surface area contributed by atoms with Crippen LogP contribution in [-0.2, 0) is 6.54 Å². The lowest BCUT2D eigenvalue weighted by Crippen LogP contribution is -2.29. The molecular formula is C13H20BrN3. The van der Waals surface area contributed by atoms with Crippen LogP contribution in [0.4, 0.5) is 5.82 Å². The Morgan fingerprint density at radius 2 is 2.29 bits per heavy atom. The number of nitrogens with one attached hydrogen (secondary N) is 1. The normalized spacial score (nSPS) is 24.4. The van der Waals surface area contributed by atoms with Crippen molar-refractivity contribution in [3.05, 3.63) is 22.3 Å². The third kappa shape index (κ3) is 2.80. The van der Waals surface area contributed by atoms with E-state index in [-0.39, 0.29) is 0 Å². The van der Waals surface area contributed by atoms with Crippen LogP contribution in [0.25, 0.3) is 0 Å². The van der Waals surface area contributed by atoms with Gasteiger partial charge in [0.1, 0.15) is 5.82 Å². The van der Waals surface area contributed by atoms with Gasteiger partial charge in [-0.25, -0.2) is 4.98 Å². The molecule has 0 bridgehead atoms. The van der Waals surface area contributed by atoms with Crippen LogP contribution >= 0.6 is 15.9 Å². The molecule has 1 aromatic rings. The van der Waals surface area contributed by atoms with Gasteiger partial charge in [-0.15, -0.1) is 0 Å². The second-order valence-electron chi connectivity index (χ2n) is 5.01. The van der Waals surface area contributed by atoms with E-state index in [1.807, 2.05) is 13.2 Å². The van der Waals surface area contributed by atoms with Crippen molar-refractivity contribution in [1.29, 1.82) is 0 Å². The zero-order valence-corrected chi connectivity index (χ0v) is 12.3. The number of hydrogen-bond donors (Lipinski definition) is 1. The minimum Gasteiger partial charge on any atom is -0.353 e. The van der Waals surface area contributed by atoms with Crippen LogP contribution in [0.5, 0.6) is 0 Å². The molecule has 0 amide bonds. The van der Waals surface area contributed by atoms with E-state index in [4.69, 9.17) is 0 Å². The van der Waals surface area contributed by atoms with Crippen molar-refractivity contribution in [3.63, 3.8) is 0 Å². The molecule has 1 aliphatic heterocycles. The van der Waals surface area contributed by atoms with Gasteiger partial charge in [-0.1, -0.05) is 6.92 Å². The van der Waals surface area contributed by atoms with E-state index in [1.165, 1.54) is 12.0 Å². The van der Waals surface area contributed by atoms with Gasteiger partial charge < -0.3 is 10.2 Å². The Balaban J connectivity index is 2.30. The van der Waals surface area contributed by atoms with Crippen molar-refractivity contribution < 1.29 is 0 Å². The summed E-state index contributed by atoms with van der Waals surface area (Å²) in [6, 6.07) is 2.75. The largest absolute Gasteiger partial charge is 0.353 e. The number of halogens is 1. The van der Waals surface area contributed by atoms with E-state index in [9.17, 15) is 0 Å². The number of pyridine rings is 1. The van der Waals surface area contributed by atoms with Crippen molar-refractivity contribution in [2.24, 2.45) is 5.92 Å². The Kier molecular flexibility index (Phi) is 4.05. The van der Waals surface area contributed by atoms with Crippen LogP contribution in [-0.4, -0.2) is 24.6 Å². The summed E-state index contributed by atoms with van der Waals surface area (Å²) < 4.78 is 1.05. The third-order valence-electron chi connectivity index (χ3n) is 3.33. The molecule has 0 spiro atoms. The summed E-state index contributed by atoms with van der Waals surface area (Å²) in [4.78, 5) is 7.04. The molecule has 94 valence electrons. The predicted molar refractivity (Wildman–Crippen MR) is 75.3 cm³/mol. The summed E-state index contributed by atoms with van der Waals surface area (Å²) in [5.74, 6) is 1.90. The minimum absolute atomic E-state index is 0.592. The van der Waals surface area contributed by atoms with E-state index >= 15 is 0 Å². The Bertz CT molecular complexity index is 394. The molecule has 0 radical (unpaired) electrons. The molecule has 4 heteroatoms. The van der Waals surface area contributed by atoms with Crippen LogP contribution in [0.3, 0.4) is 0 Å². The van der Waals surface area contributed by atoms with Crippen LogP contribution < -0.4 is 10.2 Å². The molecule has 2 heterocycles. The van der Waals surface area contributed by atoms with Gasteiger partial charge in [0.2, 0.25) is 0 Å². The Hall–Kier alpha value is -0.610. The fourth-order valence-corrected chi connectivity index (χ4v) is 3.03. The van der Waals surface area contributed by atoms with Crippen LogP contribution in [0.1, 0.15) is 25.8 Å². The van der Waals surface area contributed by atoms with Crippen molar-refractivity contribution in [1.82, 2.24) is 10.3 Å². The zero-order chi connectivity index (χ0) is 12.4. The summed E-state index contributed by atoms with van der Waals surface area (Å²) in [6.07, 6.45) is 3.15. The topological polar surface area (TPSA) is 28.2 Å². The molecule has 1 saturated heterocycles. The highest BCUT2D eigenvalue weighted by Crippen LogP contribution is 2.30. The van der Waals surface area contributed by atoms with Crippen LogP contribution in [0, 0.1) is 5.92 Å². The average molecular weight is 298 g/mol. The minimum atomic E-state index is 0.592. The van der Waals surface area contributed by atoms with Gasteiger partial charge in [-0.3, -0.25) is 0 Å². The molecular weight excluding hydrogens is 278 g/mol. The lowest BCUT2D eigenvalue weighted by Gasteiger charge is -2.25. The highest BCUT2D eigenvalue weighted by atomic mass is 79.9. The lowest BCUT2D eigenvalue weighted by molar-refractivity contribution is 0.625. The summed E-state index contributed by atoms with van der Waals surface area (Å²) in [6.45, 7) is 6.58. The quantitative estimate of drug-likeness (QED) is 0.930. The lowest BCUT2D eigenvalue weighted by atomic mass is 10.1. The monoisotopic (exact) mass is 297 g/mol. The number of rotatable bonds is 3. The van der Waals surface area contributed by atoms with E-state index in [0.717, 1.165) is 29.3 Å². The van der Waals surface area contributed by atoms with E-state index < -0.39 is 0 Å². The van der Waals surface area contributed by atoms with Crippen LogP contribution in [0.2, 0.25) is 0 Å². The number of aromatic nitrogens is 1. The van der Waals surface area contributed by atoms with E-state index in [2.05, 4.69) is 51.0 Å². The summed E-state index contributed by atoms with van der Waals surface area (Å²) in [5, 5.41) is 3.21. The zero-order valence-electron chi connectivity index (χ0n) is 10.7. The molecule has 3 nitrogen and oxygen atoms in total. The van der Waals surface area contributed by atoms with Crippen molar-refractivity contribution in [3.8, 4) is 0 Å². The summed E-state index contributed by atoms with van der Waals surface area (Å²) in [5.41, 5.74) is 1.27. The Morgan fingerprint density at radius 3 is 2.88 bits per heavy atom. The fourth-order valence-electron chi connectivity index (χ4n) is 2.65. The fraction of sp³-hybridized carbons (Fsp3) is 0.615. The molecule has 2 rings (SSSR count). The number of nitrogens with zero attached hydrogens (tertiary/aromatic N) is 2. The molecule has 17 heavy (non-hydrogen) atoms. The molecule has 0 saturated carbocycles. The Morgan fingerprint density at radius 1 is 1.53 bits per heavy atom. The van der Waals surface area contributed by atoms with E-state index in [0.29, 0.717) is 6.04 Å². The van der Waals surface area contributed by atoms with Crippen LogP contribution in [0.15, 0.2) is 16.7 Å². The molecule has 1 aliphatic rings. The summed E-state index contributed by atoms with van der Waals surface area (Å²) >= 11 is 3.49. The van der Waals surface area contributed by atoms with Gasteiger partial charge in [0.25, 0.3) is 0 Å². The number of hydrogen-bond acceptors (Lipinski definition) is 3. The molecule has 1 aromatic heterocycles. The van der Waals surface area contributed by atoms with Gasteiger partial charge in [-0.05, 0) is 48.3 Å². The standard InChI is InChI=1S/C13H20BrN3/c1-9-4-10(2)17(8-9)13-11(6-15-3)5-12(14)7-16-13/h5,7,9-10,15H,4,6,8H2,1-3H3. The first-order valence-corrected chi connectivity index (χ1v) is 6.96. The maximum atomic E-state index is 4.60. The van der Waals surface area contributed by atoms with E-state index in [1.54, 1.807) is 0 Å². The van der Waals surface area contributed by atoms with Crippen molar-refractivity contribution in [2.45, 2.75) is 32.9 Å². The molecule has 2 unspecified atom stereocenters.